The second-order valence-electron chi connectivity index (χ2n) is 5.98. The Morgan fingerprint density at radius 1 is 1.15 bits per heavy atom. The van der Waals surface area contributed by atoms with Crippen molar-refractivity contribution in [1.29, 1.82) is 0 Å². The highest BCUT2D eigenvalue weighted by atomic mass is 32.2. The molecule has 0 fully saturated rings. The van der Waals surface area contributed by atoms with Crippen LogP contribution in [0.4, 0.5) is 16.3 Å². The quantitative estimate of drug-likeness (QED) is 0.585. The van der Waals surface area contributed by atoms with Crippen molar-refractivity contribution in [1.82, 2.24) is 9.88 Å². The first-order valence-electron chi connectivity index (χ1n) is 9.23. The lowest BCUT2D eigenvalue weighted by Gasteiger charge is -2.28. The zero-order chi connectivity index (χ0) is 19.1. The Hall–Kier alpha value is -1.70. The van der Waals surface area contributed by atoms with Crippen molar-refractivity contribution in [2.24, 2.45) is 0 Å². The second kappa shape index (κ2) is 10.0. The number of ether oxygens (including phenoxy) is 1. The number of carbonyl (C=O) groups excluding carboxylic acids is 1. The summed E-state index contributed by atoms with van der Waals surface area (Å²) in [6.45, 7) is 7.97. The minimum absolute atomic E-state index is 0.368. The van der Waals surface area contributed by atoms with Crippen LogP contribution in [0.2, 0.25) is 0 Å². The molecule has 0 bridgehead atoms. The van der Waals surface area contributed by atoms with Crippen LogP contribution in [0.5, 0.6) is 0 Å². The van der Waals surface area contributed by atoms with Gasteiger partial charge in [-0.25, -0.2) is 14.7 Å². The first-order chi connectivity index (χ1) is 13.2. The zero-order valence-electron chi connectivity index (χ0n) is 15.8. The number of para-hydroxylation sites is 1. The standard InChI is InChI=1S/C20H25N3O2S2/c1-3-22(4-2)12-14-26-15-13-25-20(24)23-16-8-5-6-9-17(16)27-18-10-7-11-21-19(18)23/h5-11H,3-4,12-15H2,1-2H3. The molecular formula is C20H25N3O2S2. The monoisotopic (exact) mass is 403 g/mol. The van der Waals surface area contributed by atoms with Gasteiger partial charge < -0.3 is 9.64 Å². The molecular weight excluding hydrogens is 378 g/mol. The van der Waals surface area contributed by atoms with Crippen molar-refractivity contribution >= 4 is 41.1 Å². The van der Waals surface area contributed by atoms with E-state index < -0.39 is 0 Å². The number of carbonyl (C=O) groups is 1. The Bertz CT molecular complexity index is 723. The third-order valence-corrected chi connectivity index (χ3v) is 6.40. The largest absolute Gasteiger partial charge is 0.448 e. The summed E-state index contributed by atoms with van der Waals surface area (Å²) in [6.07, 6.45) is 1.34. The SMILES string of the molecule is CCN(CC)CCSCCOC(=O)N1c2ccccc2Sc2cccnc21. The smallest absolute Gasteiger partial charge is 0.420 e. The molecule has 0 N–H and O–H groups in total. The normalized spacial score (nSPS) is 12.6. The Morgan fingerprint density at radius 2 is 1.93 bits per heavy atom. The highest BCUT2D eigenvalue weighted by molar-refractivity contribution is 7.99. The molecule has 3 rings (SSSR count). The van der Waals surface area contributed by atoms with Gasteiger partial charge in [0.25, 0.3) is 0 Å². The molecule has 1 aliphatic heterocycles. The third-order valence-electron chi connectivity index (χ3n) is 4.37. The van der Waals surface area contributed by atoms with Gasteiger partial charge in [-0.05, 0) is 37.4 Å². The van der Waals surface area contributed by atoms with Gasteiger partial charge in [-0.2, -0.15) is 11.8 Å². The minimum atomic E-state index is -0.368. The summed E-state index contributed by atoms with van der Waals surface area (Å²) in [7, 11) is 0. The van der Waals surface area contributed by atoms with E-state index in [1.807, 2.05) is 48.2 Å². The fraction of sp³-hybridized carbons (Fsp3) is 0.400. The van der Waals surface area contributed by atoms with Crippen molar-refractivity contribution in [3.05, 3.63) is 42.6 Å². The molecule has 27 heavy (non-hydrogen) atoms. The Kier molecular flexibility index (Phi) is 7.43. The van der Waals surface area contributed by atoms with E-state index in [0.29, 0.717) is 12.4 Å². The first-order valence-corrected chi connectivity index (χ1v) is 11.2. The average molecular weight is 404 g/mol. The van der Waals surface area contributed by atoms with Crippen molar-refractivity contribution < 1.29 is 9.53 Å². The Morgan fingerprint density at radius 3 is 2.74 bits per heavy atom. The molecule has 7 heteroatoms. The van der Waals surface area contributed by atoms with Gasteiger partial charge in [-0.15, -0.1) is 0 Å². The van der Waals surface area contributed by atoms with E-state index >= 15 is 0 Å². The van der Waals surface area contributed by atoms with E-state index in [2.05, 4.69) is 23.7 Å². The first kappa shape index (κ1) is 20.0. The maximum atomic E-state index is 12.8. The number of nitrogens with zero attached hydrogens (tertiary/aromatic N) is 3. The number of fused-ring (bicyclic) bond motifs is 2. The van der Waals surface area contributed by atoms with Gasteiger partial charge in [0.1, 0.15) is 6.61 Å². The average Bonchev–Trinajstić information content (AvgIpc) is 2.71. The van der Waals surface area contributed by atoms with Crippen LogP contribution in [0.25, 0.3) is 0 Å². The predicted octanol–water partition coefficient (Wildman–Crippen LogP) is 4.90. The van der Waals surface area contributed by atoms with Gasteiger partial charge in [0.15, 0.2) is 5.82 Å². The summed E-state index contributed by atoms with van der Waals surface area (Å²) < 4.78 is 5.56. The molecule has 0 spiro atoms. The topological polar surface area (TPSA) is 45.7 Å². The number of amides is 1. The molecule has 0 aliphatic carbocycles. The molecule has 2 aromatic rings. The van der Waals surface area contributed by atoms with E-state index in [4.69, 9.17) is 4.74 Å². The highest BCUT2D eigenvalue weighted by Crippen LogP contribution is 2.46. The number of pyridine rings is 1. The molecule has 144 valence electrons. The molecule has 0 saturated heterocycles. The summed E-state index contributed by atoms with van der Waals surface area (Å²) in [5.41, 5.74) is 0.827. The fourth-order valence-corrected chi connectivity index (χ4v) is 4.69. The van der Waals surface area contributed by atoms with E-state index in [1.54, 1.807) is 22.9 Å². The molecule has 1 aliphatic rings. The van der Waals surface area contributed by atoms with Crippen LogP contribution in [0, 0.1) is 0 Å². The predicted molar refractivity (Wildman–Crippen MR) is 113 cm³/mol. The van der Waals surface area contributed by atoms with Crippen molar-refractivity contribution in [3.8, 4) is 0 Å². The fourth-order valence-electron chi connectivity index (χ4n) is 2.86. The lowest BCUT2D eigenvalue weighted by atomic mass is 10.2. The summed E-state index contributed by atoms with van der Waals surface area (Å²) in [4.78, 5) is 23.2. The van der Waals surface area contributed by atoms with Crippen LogP contribution < -0.4 is 4.90 Å². The van der Waals surface area contributed by atoms with Crippen molar-refractivity contribution in [2.75, 3.05) is 42.6 Å². The summed E-state index contributed by atoms with van der Waals surface area (Å²) >= 11 is 3.44. The highest BCUT2D eigenvalue weighted by Gasteiger charge is 2.30. The van der Waals surface area contributed by atoms with Crippen molar-refractivity contribution in [3.63, 3.8) is 0 Å². The molecule has 1 aromatic carbocycles. The molecule has 5 nitrogen and oxygen atoms in total. The summed E-state index contributed by atoms with van der Waals surface area (Å²) in [5, 5.41) is 0. The van der Waals surface area contributed by atoms with E-state index in [1.165, 1.54) is 0 Å². The number of thioether (sulfide) groups is 1. The number of aromatic nitrogens is 1. The lowest BCUT2D eigenvalue weighted by Crippen LogP contribution is -2.30. The number of rotatable bonds is 8. The number of hydrogen-bond acceptors (Lipinski definition) is 6. The van der Waals surface area contributed by atoms with Gasteiger partial charge in [0.05, 0.1) is 10.6 Å². The second-order valence-corrected chi connectivity index (χ2v) is 8.29. The molecule has 1 amide bonds. The number of hydrogen-bond donors (Lipinski definition) is 0. The molecule has 0 saturated carbocycles. The zero-order valence-corrected chi connectivity index (χ0v) is 17.4. The van der Waals surface area contributed by atoms with Crippen LogP contribution in [-0.4, -0.2) is 53.7 Å². The molecule has 0 unspecified atom stereocenters. The molecule has 1 aromatic heterocycles. The molecule has 0 atom stereocenters. The van der Waals surface area contributed by atoms with Crippen LogP contribution in [0.1, 0.15) is 13.8 Å². The van der Waals surface area contributed by atoms with Gasteiger partial charge in [-0.1, -0.05) is 37.7 Å². The van der Waals surface area contributed by atoms with Gasteiger partial charge in [-0.3, -0.25) is 0 Å². The Balaban J connectivity index is 1.57. The maximum absolute atomic E-state index is 12.8. The summed E-state index contributed by atoms with van der Waals surface area (Å²) in [6, 6.07) is 11.7. The molecule has 0 radical (unpaired) electrons. The minimum Gasteiger partial charge on any atom is -0.448 e. The number of benzene rings is 1. The van der Waals surface area contributed by atoms with E-state index in [9.17, 15) is 4.79 Å². The van der Waals surface area contributed by atoms with E-state index in [-0.39, 0.29) is 6.09 Å². The van der Waals surface area contributed by atoms with Gasteiger partial charge in [0.2, 0.25) is 0 Å². The molecule has 2 heterocycles. The maximum Gasteiger partial charge on any atom is 0.420 e. The Labute approximate surface area is 169 Å². The van der Waals surface area contributed by atoms with Crippen LogP contribution in [-0.2, 0) is 4.74 Å². The van der Waals surface area contributed by atoms with Crippen LogP contribution in [0.3, 0.4) is 0 Å². The lowest BCUT2D eigenvalue weighted by molar-refractivity contribution is 0.163. The number of anilines is 2. The van der Waals surface area contributed by atoms with Gasteiger partial charge >= 0.3 is 6.09 Å². The third kappa shape index (κ3) is 4.97. The van der Waals surface area contributed by atoms with E-state index in [0.717, 1.165) is 46.6 Å². The van der Waals surface area contributed by atoms with Gasteiger partial charge in [0, 0.05) is 29.1 Å². The summed E-state index contributed by atoms with van der Waals surface area (Å²) in [5.74, 6) is 2.49. The van der Waals surface area contributed by atoms with Crippen LogP contribution in [0.15, 0.2) is 52.4 Å². The van der Waals surface area contributed by atoms with Crippen LogP contribution >= 0.6 is 23.5 Å². The van der Waals surface area contributed by atoms with Crippen molar-refractivity contribution in [2.45, 2.75) is 23.6 Å².